The number of nitrogens with zero attached hydrogens (tertiary/aromatic N) is 1. The highest BCUT2D eigenvalue weighted by Gasteiger charge is 2.12. The number of benzene rings is 1. The summed E-state index contributed by atoms with van der Waals surface area (Å²) in [6, 6.07) is 8.06. The van der Waals surface area contributed by atoms with E-state index >= 15 is 0 Å². The number of carbonyl (C=O) groups excluding carboxylic acids is 1. The largest absolute Gasteiger partial charge is 0.459 e. The van der Waals surface area contributed by atoms with Gasteiger partial charge in [-0.15, -0.1) is 0 Å². The molecule has 0 aliphatic carbocycles. The Kier molecular flexibility index (Phi) is 4.83. The first-order chi connectivity index (χ1) is 9.47. The number of amides is 1. The molecule has 20 heavy (non-hydrogen) atoms. The van der Waals surface area contributed by atoms with Crippen LogP contribution in [0, 0.1) is 0 Å². The van der Waals surface area contributed by atoms with E-state index in [4.69, 9.17) is 4.42 Å². The lowest BCUT2D eigenvalue weighted by Crippen LogP contribution is -2.27. The second-order valence-corrected chi connectivity index (χ2v) is 5.96. The normalized spacial score (nSPS) is 12.6. The van der Waals surface area contributed by atoms with Gasteiger partial charge < -0.3 is 14.6 Å². The van der Waals surface area contributed by atoms with Gasteiger partial charge in [0.2, 0.25) is 5.91 Å². The van der Waals surface area contributed by atoms with Crippen LogP contribution in [0.1, 0.15) is 25.1 Å². The van der Waals surface area contributed by atoms with Gasteiger partial charge in [-0.3, -0.25) is 4.79 Å². The topological polar surface area (TPSA) is 45.5 Å². The van der Waals surface area contributed by atoms with Gasteiger partial charge in [0.25, 0.3) is 0 Å². The average Bonchev–Trinajstić information content (AvgIpc) is 2.81. The van der Waals surface area contributed by atoms with E-state index in [9.17, 15) is 4.79 Å². The fourth-order valence-electron chi connectivity index (χ4n) is 1.97. The summed E-state index contributed by atoms with van der Waals surface area (Å²) in [6.07, 6.45) is 0.489. The summed E-state index contributed by atoms with van der Waals surface area (Å²) in [6.45, 7) is 2.67. The summed E-state index contributed by atoms with van der Waals surface area (Å²) in [5.41, 5.74) is 0.876. The van der Waals surface area contributed by atoms with Crippen LogP contribution in [-0.4, -0.2) is 31.4 Å². The molecule has 0 bridgehead atoms. The van der Waals surface area contributed by atoms with Crippen LogP contribution in [0.5, 0.6) is 0 Å². The molecule has 1 aromatic carbocycles. The van der Waals surface area contributed by atoms with E-state index in [-0.39, 0.29) is 11.9 Å². The minimum atomic E-state index is 0.0798. The number of fused-ring (bicyclic) bond motifs is 1. The van der Waals surface area contributed by atoms with Crippen LogP contribution < -0.4 is 5.32 Å². The van der Waals surface area contributed by atoms with E-state index in [0.29, 0.717) is 13.0 Å². The van der Waals surface area contributed by atoms with Crippen LogP contribution in [0.4, 0.5) is 0 Å². The van der Waals surface area contributed by atoms with Gasteiger partial charge in [-0.05, 0) is 31.2 Å². The Bertz CT molecular complexity index is 607. The lowest BCUT2D eigenvalue weighted by atomic mass is 10.2. The molecule has 0 aliphatic rings. The van der Waals surface area contributed by atoms with Crippen molar-refractivity contribution < 1.29 is 9.21 Å². The second kappa shape index (κ2) is 6.41. The smallest absolute Gasteiger partial charge is 0.223 e. The van der Waals surface area contributed by atoms with Crippen LogP contribution in [0.3, 0.4) is 0 Å². The Morgan fingerprint density at radius 2 is 2.15 bits per heavy atom. The molecule has 0 saturated heterocycles. The summed E-state index contributed by atoms with van der Waals surface area (Å²) in [5.74, 6) is 1.01. The first-order valence-corrected chi connectivity index (χ1v) is 7.39. The lowest BCUT2D eigenvalue weighted by Gasteiger charge is -2.13. The summed E-state index contributed by atoms with van der Waals surface area (Å²) in [5, 5.41) is 4.38. The van der Waals surface area contributed by atoms with Crippen LogP contribution in [0.15, 0.2) is 33.2 Å². The van der Waals surface area contributed by atoms with E-state index in [0.717, 1.165) is 21.2 Å². The Labute approximate surface area is 127 Å². The number of hydrogen-bond donors (Lipinski definition) is 1. The van der Waals surface area contributed by atoms with Crippen LogP contribution >= 0.6 is 15.9 Å². The highest BCUT2D eigenvalue weighted by atomic mass is 79.9. The summed E-state index contributed by atoms with van der Waals surface area (Å²) in [7, 11) is 3.53. The van der Waals surface area contributed by atoms with Crippen LogP contribution in [-0.2, 0) is 4.79 Å². The number of hydrogen-bond acceptors (Lipinski definition) is 3. The molecule has 0 saturated carbocycles. The van der Waals surface area contributed by atoms with Crippen molar-refractivity contribution in [2.24, 2.45) is 0 Å². The van der Waals surface area contributed by atoms with Gasteiger partial charge in [0.15, 0.2) is 0 Å². The van der Waals surface area contributed by atoms with Gasteiger partial charge >= 0.3 is 0 Å². The van der Waals surface area contributed by atoms with E-state index in [1.165, 1.54) is 0 Å². The second-order valence-electron chi connectivity index (χ2n) is 5.04. The van der Waals surface area contributed by atoms with E-state index in [1.807, 2.05) is 31.2 Å². The van der Waals surface area contributed by atoms with Gasteiger partial charge in [0.1, 0.15) is 11.3 Å². The Morgan fingerprint density at radius 1 is 1.40 bits per heavy atom. The highest BCUT2D eigenvalue weighted by Crippen LogP contribution is 2.26. The Hall–Kier alpha value is -1.33. The third-order valence-electron chi connectivity index (χ3n) is 3.21. The van der Waals surface area contributed by atoms with Gasteiger partial charge in [0.05, 0.1) is 6.04 Å². The third kappa shape index (κ3) is 3.61. The highest BCUT2D eigenvalue weighted by molar-refractivity contribution is 9.10. The number of carbonyl (C=O) groups is 1. The summed E-state index contributed by atoms with van der Waals surface area (Å²) >= 11 is 3.45. The van der Waals surface area contributed by atoms with E-state index in [1.54, 1.807) is 19.0 Å². The van der Waals surface area contributed by atoms with Crippen molar-refractivity contribution in [3.8, 4) is 0 Å². The Balaban J connectivity index is 1.97. The first-order valence-electron chi connectivity index (χ1n) is 6.60. The molecule has 0 radical (unpaired) electrons. The molecule has 1 atom stereocenters. The minimum Gasteiger partial charge on any atom is -0.459 e. The lowest BCUT2D eigenvalue weighted by molar-refractivity contribution is -0.128. The molecular weight excluding hydrogens is 320 g/mol. The van der Waals surface area contributed by atoms with Gasteiger partial charge in [-0.2, -0.15) is 0 Å². The molecule has 1 unspecified atom stereocenters. The van der Waals surface area contributed by atoms with Gasteiger partial charge in [0, 0.05) is 36.9 Å². The van der Waals surface area contributed by atoms with Crippen molar-refractivity contribution in [3.05, 3.63) is 34.5 Å². The fraction of sp³-hybridized carbons (Fsp3) is 0.400. The zero-order valence-corrected chi connectivity index (χ0v) is 13.5. The molecule has 1 heterocycles. The predicted molar refractivity (Wildman–Crippen MR) is 83.6 cm³/mol. The van der Waals surface area contributed by atoms with Crippen molar-refractivity contribution in [2.45, 2.75) is 19.4 Å². The molecule has 5 heteroatoms. The monoisotopic (exact) mass is 338 g/mol. The molecule has 1 aromatic heterocycles. The number of halogens is 1. The number of nitrogens with one attached hydrogen (secondary N) is 1. The molecule has 0 fully saturated rings. The maximum Gasteiger partial charge on any atom is 0.223 e. The van der Waals surface area contributed by atoms with Crippen molar-refractivity contribution in [1.82, 2.24) is 10.2 Å². The van der Waals surface area contributed by atoms with E-state index in [2.05, 4.69) is 21.2 Å². The Morgan fingerprint density at radius 3 is 2.85 bits per heavy atom. The third-order valence-corrected chi connectivity index (χ3v) is 3.71. The van der Waals surface area contributed by atoms with Gasteiger partial charge in [-0.1, -0.05) is 15.9 Å². The maximum absolute atomic E-state index is 11.5. The maximum atomic E-state index is 11.5. The van der Waals surface area contributed by atoms with Gasteiger partial charge in [-0.25, -0.2) is 0 Å². The van der Waals surface area contributed by atoms with Crippen LogP contribution in [0.25, 0.3) is 11.0 Å². The minimum absolute atomic E-state index is 0.0798. The number of rotatable bonds is 5. The molecule has 108 valence electrons. The number of furan rings is 1. The standard InChI is InChI=1S/C15H19BrN2O2/c1-10(17-7-6-15(19)18(2)3)14-9-11-8-12(16)4-5-13(11)20-14/h4-5,8-10,17H,6-7H2,1-3H3. The zero-order valence-electron chi connectivity index (χ0n) is 11.9. The first kappa shape index (κ1) is 15.1. The summed E-state index contributed by atoms with van der Waals surface area (Å²) in [4.78, 5) is 13.1. The van der Waals surface area contributed by atoms with Crippen molar-refractivity contribution in [3.63, 3.8) is 0 Å². The van der Waals surface area contributed by atoms with Crippen molar-refractivity contribution >= 4 is 32.8 Å². The van der Waals surface area contributed by atoms with Crippen molar-refractivity contribution in [2.75, 3.05) is 20.6 Å². The quantitative estimate of drug-likeness (QED) is 0.909. The summed E-state index contributed by atoms with van der Waals surface area (Å²) < 4.78 is 6.85. The molecule has 2 aromatic rings. The average molecular weight is 339 g/mol. The zero-order chi connectivity index (χ0) is 14.7. The molecule has 2 rings (SSSR count). The molecule has 4 nitrogen and oxygen atoms in total. The molecule has 1 amide bonds. The molecule has 0 spiro atoms. The molecule has 1 N–H and O–H groups in total. The molecule has 0 aliphatic heterocycles. The van der Waals surface area contributed by atoms with Crippen LogP contribution in [0.2, 0.25) is 0 Å². The predicted octanol–water partition coefficient (Wildman–Crippen LogP) is 3.32. The fourth-order valence-corrected chi connectivity index (χ4v) is 2.35. The molecular formula is C15H19BrN2O2. The van der Waals surface area contributed by atoms with Crippen molar-refractivity contribution in [1.29, 1.82) is 0 Å². The SMILES string of the molecule is CC(NCCC(=O)N(C)C)c1cc2cc(Br)ccc2o1. The van der Waals surface area contributed by atoms with E-state index < -0.39 is 0 Å².